The molecule has 0 atom stereocenters. The van der Waals surface area contributed by atoms with Gasteiger partial charge in [-0.3, -0.25) is 0 Å². The molecule has 2 amide bonds. The lowest BCUT2D eigenvalue weighted by molar-refractivity contribution is 0.0472. The Balaban J connectivity index is 1.74. The largest absolute Gasteiger partial charge is 0.457 e. The SMILES string of the molecule is Cc1ccc2cc(COC(=O)c3ccc(NC(N)=O)cc3)c(Cl)nc2c1C. The Bertz CT molecular complexity index is 1030. The van der Waals surface area contributed by atoms with Gasteiger partial charge in [-0.1, -0.05) is 23.7 Å². The van der Waals surface area contributed by atoms with Crippen LogP contribution in [0.15, 0.2) is 42.5 Å². The molecule has 138 valence electrons. The van der Waals surface area contributed by atoms with E-state index in [0.717, 1.165) is 22.0 Å². The Morgan fingerprint density at radius 2 is 1.85 bits per heavy atom. The van der Waals surface area contributed by atoms with Crippen LogP contribution in [0, 0.1) is 13.8 Å². The number of esters is 1. The number of benzene rings is 2. The molecule has 3 N–H and O–H groups in total. The number of primary amides is 1. The summed E-state index contributed by atoms with van der Waals surface area (Å²) in [6.07, 6.45) is 0. The average molecular weight is 384 g/mol. The first-order valence-corrected chi connectivity index (χ1v) is 8.62. The molecular formula is C20H18ClN3O3. The van der Waals surface area contributed by atoms with Crippen LogP contribution in [0.5, 0.6) is 0 Å². The molecule has 3 aromatic rings. The molecule has 0 bridgehead atoms. The quantitative estimate of drug-likeness (QED) is 0.517. The van der Waals surface area contributed by atoms with Crippen molar-refractivity contribution < 1.29 is 14.3 Å². The highest BCUT2D eigenvalue weighted by Gasteiger charge is 2.12. The second kappa shape index (κ2) is 7.63. The summed E-state index contributed by atoms with van der Waals surface area (Å²) in [5, 5.41) is 3.67. The van der Waals surface area contributed by atoms with Crippen molar-refractivity contribution in [1.82, 2.24) is 4.98 Å². The number of aryl methyl sites for hydroxylation is 2. The molecule has 1 heterocycles. The summed E-state index contributed by atoms with van der Waals surface area (Å²) < 4.78 is 5.34. The molecule has 0 fully saturated rings. The van der Waals surface area contributed by atoms with Crippen LogP contribution >= 0.6 is 11.6 Å². The smallest absolute Gasteiger partial charge is 0.338 e. The minimum Gasteiger partial charge on any atom is -0.457 e. The van der Waals surface area contributed by atoms with E-state index in [1.54, 1.807) is 24.3 Å². The van der Waals surface area contributed by atoms with Crippen molar-refractivity contribution in [3.63, 3.8) is 0 Å². The number of hydrogen-bond acceptors (Lipinski definition) is 4. The first-order valence-electron chi connectivity index (χ1n) is 8.24. The van der Waals surface area contributed by atoms with Gasteiger partial charge in [-0.2, -0.15) is 0 Å². The van der Waals surface area contributed by atoms with Gasteiger partial charge in [-0.25, -0.2) is 14.6 Å². The number of nitrogens with two attached hydrogens (primary N) is 1. The van der Waals surface area contributed by atoms with Gasteiger partial charge in [0.15, 0.2) is 0 Å². The van der Waals surface area contributed by atoms with Crippen LogP contribution in [-0.2, 0) is 11.3 Å². The maximum Gasteiger partial charge on any atom is 0.338 e. The van der Waals surface area contributed by atoms with Crippen LogP contribution in [0.4, 0.5) is 10.5 Å². The maximum atomic E-state index is 12.2. The number of fused-ring (bicyclic) bond motifs is 1. The highest BCUT2D eigenvalue weighted by Crippen LogP contribution is 2.25. The number of amides is 2. The zero-order valence-electron chi connectivity index (χ0n) is 14.9. The Morgan fingerprint density at radius 3 is 2.52 bits per heavy atom. The molecule has 0 saturated carbocycles. The fourth-order valence-electron chi connectivity index (χ4n) is 2.66. The van der Waals surface area contributed by atoms with Crippen LogP contribution in [0.1, 0.15) is 27.0 Å². The van der Waals surface area contributed by atoms with Crippen LogP contribution in [0.2, 0.25) is 5.15 Å². The van der Waals surface area contributed by atoms with Crippen molar-refractivity contribution >= 4 is 40.2 Å². The summed E-state index contributed by atoms with van der Waals surface area (Å²) in [5.74, 6) is -0.503. The lowest BCUT2D eigenvalue weighted by Crippen LogP contribution is -2.19. The minimum absolute atomic E-state index is 0.00875. The van der Waals surface area contributed by atoms with Crippen LogP contribution in [0.25, 0.3) is 10.9 Å². The van der Waals surface area contributed by atoms with Gasteiger partial charge in [-0.15, -0.1) is 0 Å². The molecular weight excluding hydrogens is 366 g/mol. The maximum absolute atomic E-state index is 12.2. The third kappa shape index (κ3) is 4.17. The third-order valence-electron chi connectivity index (χ3n) is 4.28. The summed E-state index contributed by atoms with van der Waals surface area (Å²) in [6, 6.07) is 11.4. The van der Waals surface area contributed by atoms with Crippen molar-refractivity contribution in [3.05, 3.63) is 69.9 Å². The minimum atomic E-state index is -0.672. The number of anilines is 1. The van der Waals surface area contributed by atoms with Crippen molar-refractivity contribution in [2.75, 3.05) is 5.32 Å². The predicted octanol–water partition coefficient (Wildman–Crippen LogP) is 4.35. The van der Waals surface area contributed by atoms with E-state index in [1.165, 1.54) is 0 Å². The second-order valence-corrected chi connectivity index (χ2v) is 6.52. The Morgan fingerprint density at radius 1 is 1.15 bits per heavy atom. The Hall–Kier alpha value is -3.12. The van der Waals surface area contributed by atoms with Crippen molar-refractivity contribution in [3.8, 4) is 0 Å². The van der Waals surface area contributed by atoms with E-state index in [2.05, 4.69) is 10.3 Å². The van der Waals surface area contributed by atoms with Crippen molar-refractivity contribution in [2.45, 2.75) is 20.5 Å². The van der Waals surface area contributed by atoms with Gasteiger partial charge in [0.1, 0.15) is 11.8 Å². The normalized spacial score (nSPS) is 10.6. The van der Waals surface area contributed by atoms with E-state index in [0.29, 0.717) is 22.0 Å². The number of carbonyl (C=O) groups excluding carboxylic acids is 2. The van der Waals surface area contributed by atoms with E-state index in [9.17, 15) is 9.59 Å². The van der Waals surface area contributed by atoms with E-state index in [-0.39, 0.29) is 6.61 Å². The first kappa shape index (κ1) is 18.7. The fraction of sp³-hybridized carbons (Fsp3) is 0.150. The second-order valence-electron chi connectivity index (χ2n) is 6.16. The van der Waals surface area contributed by atoms with Crippen LogP contribution < -0.4 is 11.1 Å². The molecule has 2 aromatic carbocycles. The van der Waals surface area contributed by atoms with Gasteiger partial charge < -0.3 is 15.8 Å². The number of hydrogen-bond donors (Lipinski definition) is 2. The average Bonchev–Trinajstić information content (AvgIpc) is 2.63. The molecule has 0 aliphatic heterocycles. The Kier molecular flexibility index (Phi) is 5.28. The topological polar surface area (TPSA) is 94.3 Å². The number of nitrogens with one attached hydrogen (secondary N) is 1. The van der Waals surface area contributed by atoms with Gasteiger partial charge >= 0.3 is 12.0 Å². The lowest BCUT2D eigenvalue weighted by Gasteiger charge is -2.10. The molecule has 0 saturated heterocycles. The van der Waals surface area contributed by atoms with Crippen LogP contribution in [-0.4, -0.2) is 17.0 Å². The highest BCUT2D eigenvalue weighted by molar-refractivity contribution is 6.30. The number of carbonyl (C=O) groups is 2. The highest BCUT2D eigenvalue weighted by atomic mass is 35.5. The molecule has 7 heteroatoms. The van der Waals surface area contributed by atoms with E-state index in [4.69, 9.17) is 22.1 Å². The molecule has 3 rings (SSSR count). The van der Waals surface area contributed by atoms with E-state index < -0.39 is 12.0 Å². The zero-order chi connectivity index (χ0) is 19.6. The van der Waals surface area contributed by atoms with Gasteiger partial charge in [0.25, 0.3) is 0 Å². The molecule has 1 aromatic heterocycles. The molecule has 0 aliphatic rings. The molecule has 0 spiro atoms. The van der Waals surface area contributed by atoms with Gasteiger partial charge in [0.2, 0.25) is 0 Å². The van der Waals surface area contributed by atoms with Crippen molar-refractivity contribution in [1.29, 1.82) is 0 Å². The molecule has 6 nitrogen and oxygen atoms in total. The molecule has 0 radical (unpaired) electrons. The summed E-state index contributed by atoms with van der Waals surface area (Å²) in [6.45, 7) is 4.02. The van der Waals surface area contributed by atoms with Crippen molar-refractivity contribution in [2.24, 2.45) is 5.73 Å². The van der Waals surface area contributed by atoms with Gasteiger partial charge in [-0.05, 0) is 55.3 Å². The zero-order valence-corrected chi connectivity index (χ0v) is 15.6. The van der Waals surface area contributed by atoms with Gasteiger partial charge in [0.05, 0.1) is 11.1 Å². The first-order chi connectivity index (χ1) is 12.8. The summed E-state index contributed by atoms with van der Waals surface area (Å²) in [7, 11) is 0. The molecule has 27 heavy (non-hydrogen) atoms. The number of ether oxygens (including phenoxy) is 1. The molecule has 0 unspecified atom stereocenters. The van der Waals surface area contributed by atoms with E-state index in [1.807, 2.05) is 32.0 Å². The standard InChI is InChI=1S/C20H18ClN3O3/c1-11-3-4-14-9-15(18(21)24-17(14)12(11)2)10-27-19(25)13-5-7-16(8-6-13)23-20(22)26/h3-9H,10H2,1-2H3,(H3,22,23,26). The predicted molar refractivity (Wildman–Crippen MR) is 105 cm³/mol. The number of nitrogens with zero attached hydrogens (tertiary/aromatic N) is 1. The Labute approximate surface area is 161 Å². The number of halogens is 1. The monoisotopic (exact) mass is 383 g/mol. The number of rotatable bonds is 4. The van der Waals surface area contributed by atoms with Gasteiger partial charge in [0, 0.05) is 16.6 Å². The summed E-state index contributed by atoms with van der Waals surface area (Å²) in [5.41, 5.74) is 9.57. The number of pyridine rings is 1. The molecule has 0 aliphatic carbocycles. The summed E-state index contributed by atoms with van der Waals surface area (Å²) >= 11 is 6.27. The fourth-order valence-corrected chi connectivity index (χ4v) is 2.86. The lowest BCUT2D eigenvalue weighted by atomic mass is 10.0. The third-order valence-corrected chi connectivity index (χ3v) is 4.61. The van der Waals surface area contributed by atoms with E-state index >= 15 is 0 Å². The summed E-state index contributed by atoms with van der Waals surface area (Å²) in [4.78, 5) is 27.5. The van der Waals surface area contributed by atoms with Crippen LogP contribution in [0.3, 0.4) is 0 Å². The number of urea groups is 1. The number of aromatic nitrogens is 1.